The summed E-state index contributed by atoms with van der Waals surface area (Å²) in [6.45, 7) is 1.97. The van der Waals surface area contributed by atoms with Crippen LogP contribution in [0.3, 0.4) is 0 Å². The number of benzene rings is 2. The van der Waals surface area contributed by atoms with Crippen molar-refractivity contribution in [2.75, 3.05) is 25.5 Å². The van der Waals surface area contributed by atoms with E-state index in [1.54, 1.807) is 7.11 Å². The Morgan fingerprint density at radius 3 is 2.53 bits per heavy atom. The molecule has 0 aromatic heterocycles. The van der Waals surface area contributed by atoms with E-state index >= 15 is 0 Å². The van der Waals surface area contributed by atoms with Gasteiger partial charge in [0.1, 0.15) is 5.75 Å². The van der Waals surface area contributed by atoms with E-state index in [1.807, 2.05) is 41.3 Å². The first kappa shape index (κ1) is 22.1. The van der Waals surface area contributed by atoms with E-state index in [1.165, 1.54) is 11.1 Å². The van der Waals surface area contributed by atoms with E-state index in [-0.39, 0.29) is 36.2 Å². The monoisotopic (exact) mass is 429 g/mol. The summed E-state index contributed by atoms with van der Waals surface area (Å²) in [6.07, 6.45) is 2.10. The molecule has 2 aliphatic rings. The lowest BCUT2D eigenvalue weighted by molar-refractivity contribution is -0.136. The molecule has 2 aliphatic heterocycles. The number of ether oxygens (including phenoxy) is 1. The molecule has 2 heterocycles. The normalized spacial score (nSPS) is 18.7. The second kappa shape index (κ2) is 9.96. The Morgan fingerprint density at radius 1 is 1.07 bits per heavy atom. The fourth-order valence-corrected chi connectivity index (χ4v) is 4.16. The van der Waals surface area contributed by atoms with Crippen LogP contribution in [0.2, 0.25) is 0 Å². The third-order valence-electron chi connectivity index (χ3n) is 5.89. The Kier molecular flexibility index (Phi) is 7.34. The highest BCUT2D eigenvalue weighted by Crippen LogP contribution is 2.23. The van der Waals surface area contributed by atoms with E-state index in [9.17, 15) is 9.59 Å². The summed E-state index contributed by atoms with van der Waals surface area (Å²) in [7, 11) is 1.60. The van der Waals surface area contributed by atoms with Crippen LogP contribution < -0.4 is 15.4 Å². The fourth-order valence-electron chi connectivity index (χ4n) is 4.16. The van der Waals surface area contributed by atoms with Crippen molar-refractivity contribution in [3.8, 4) is 5.75 Å². The number of carbonyl (C=O) groups excluding carboxylic acids is 2. The average Bonchev–Trinajstić information content (AvgIpc) is 2.78. The van der Waals surface area contributed by atoms with Crippen LogP contribution in [0.5, 0.6) is 5.75 Å². The second-order valence-corrected chi connectivity index (χ2v) is 7.73. The zero-order chi connectivity index (χ0) is 20.2. The summed E-state index contributed by atoms with van der Waals surface area (Å²) in [6, 6.07) is 15.5. The number of hydrogen-bond acceptors (Lipinski definition) is 4. The van der Waals surface area contributed by atoms with E-state index in [0.717, 1.165) is 18.7 Å². The number of amides is 2. The average molecular weight is 430 g/mol. The molecule has 2 amide bonds. The van der Waals surface area contributed by atoms with Crippen molar-refractivity contribution < 1.29 is 14.3 Å². The number of fused-ring (bicyclic) bond motifs is 1. The molecule has 1 saturated heterocycles. The van der Waals surface area contributed by atoms with Gasteiger partial charge in [-0.05, 0) is 42.5 Å². The molecule has 1 atom stereocenters. The highest BCUT2D eigenvalue weighted by atomic mass is 35.5. The van der Waals surface area contributed by atoms with Crippen LogP contribution >= 0.6 is 12.4 Å². The molecule has 1 fully saturated rings. The molecular formula is C23H28ClN3O3. The van der Waals surface area contributed by atoms with Gasteiger partial charge < -0.3 is 20.3 Å². The van der Waals surface area contributed by atoms with Crippen molar-refractivity contribution in [3.05, 3.63) is 59.7 Å². The number of hydrogen-bond donors (Lipinski definition) is 2. The first-order valence-electron chi connectivity index (χ1n) is 10.2. The Labute approximate surface area is 183 Å². The summed E-state index contributed by atoms with van der Waals surface area (Å²) in [5.41, 5.74) is 3.25. The Morgan fingerprint density at radius 2 is 1.80 bits per heavy atom. The van der Waals surface area contributed by atoms with Crippen LogP contribution in [0.25, 0.3) is 0 Å². The fraction of sp³-hybridized carbons (Fsp3) is 0.391. The SMILES string of the molecule is COc1cccc(NC(=O)C2CCN(C(=O)[C@@H]3Cc4ccccc4CN3)CC2)c1.Cl. The first-order valence-corrected chi connectivity index (χ1v) is 10.2. The molecule has 0 radical (unpaired) electrons. The quantitative estimate of drug-likeness (QED) is 0.783. The summed E-state index contributed by atoms with van der Waals surface area (Å²) in [5, 5.41) is 6.34. The van der Waals surface area contributed by atoms with E-state index < -0.39 is 0 Å². The molecule has 0 unspecified atom stereocenters. The number of halogens is 1. The third-order valence-corrected chi connectivity index (χ3v) is 5.89. The summed E-state index contributed by atoms with van der Waals surface area (Å²) in [5.74, 6) is 0.788. The van der Waals surface area contributed by atoms with Crippen LogP contribution in [0, 0.1) is 5.92 Å². The number of likely N-dealkylation sites (tertiary alicyclic amines) is 1. The zero-order valence-electron chi connectivity index (χ0n) is 17.1. The molecule has 2 aromatic rings. The standard InChI is InChI=1S/C23H27N3O3.ClH/c1-29-20-8-4-7-19(14-20)25-22(27)16-9-11-26(12-10-16)23(28)21-13-17-5-2-3-6-18(17)15-24-21;/h2-8,14,16,21,24H,9-13,15H2,1H3,(H,25,27);1H/t21-;/m0./s1. The minimum atomic E-state index is -0.174. The molecule has 2 N–H and O–H groups in total. The van der Waals surface area contributed by atoms with Crippen LogP contribution in [-0.4, -0.2) is 43.0 Å². The maximum absolute atomic E-state index is 13.0. The minimum absolute atomic E-state index is 0. The Bertz CT molecular complexity index is 897. The van der Waals surface area contributed by atoms with Crippen molar-refractivity contribution in [2.45, 2.75) is 31.8 Å². The molecule has 0 spiro atoms. The second-order valence-electron chi connectivity index (χ2n) is 7.73. The van der Waals surface area contributed by atoms with Gasteiger partial charge in [0.15, 0.2) is 0 Å². The van der Waals surface area contributed by atoms with Gasteiger partial charge in [-0.2, -0.15) is 0 Å². The largest absolute Gasteiger partial charge is 0.497 e. The molecule has 4 rings (SSSR count). The summed E-state index contributed by atoms with van der Waals surface area (Å²) < 4.78 is 5.20. The number of piperidine rings is 1. The predicted octanol–water partition coefficient (Wildman–Crippen LogP) is 3.01. The van der Waals surface area contributed by atoms with Gasteiger partial charge in [0.05, 0.1) is 13.2 Å². The lowest BCUT2D eigenvalue weighted by atomic mass is 9.92. The first-order chi connectivity index (χ1) is 14.1. The van der Waals surface area contributed by atoms with Crippen molar-refractivity contribution in [1.29, 1.82) is 0 Å². The maximum atomic E-state index is 13.0. The predicted molar refractivity (Wildman–Crippen MR) is 119 cm³/mol. The molecule has 6 nitrogen and oxygen atoms in total. The number of methoxy groups -OCH3 is 1. The number of carbonyl (C=O) groups is 2. The lowest BCUT2D eigenvalue weighted by Gasteiger charge is -2.35. The van der Waals surface area contributed by atoms with Gasteiger partial charge >= 0.3 is 0 Å². The number of nitrogens with one attached hydrogen (secondary N) is 2. The van der Waals surface area contributed by atoms with E-state index in [0.29, 0.717) is 31.7 Å². The van der Waals surface area contributed by atoms with E-state index in [2.05, 4.69) is 22.8 Å². The van der Waals surface area contributed by atoms with Gasteiger partial charge in [-0.15, -0.1) is 12.4 Å². The lowest BCUT2D eigenvalue weighted by Crippen LogP contribution is -2.52. The summed E-state index contributed by atoms with van der Waals surface area (Å²) in [4.78, 5) is 27.5. The van der Waals surface area contributed by atoms with E-state index in [4.69, 9.17) is 4.74 Å². The van der Waals surface area contributed by atoms with Crippen molar-refractivity contribution in [2.24, 2.45) is 5.92 Å². The van der Waals surface area contributed by atoms with Crippen LogP contribution in [0.1, 0.15) is 24.0 Å². The van der Waals surface area contributed by atoms with Gasteiger partial charge in [0, 0.05) is 37.3 Å². The topological polar surface area (TPSA) is 70.7 Å². The number of rotatable bonds is 4. The van der Waals surface area contributed by atoms with Crippen LogP contribution in [0.4, 0.5) is 5.69 Å². The molecule has 7 heteroatoms. The van der Waals surface area contributed by atoms with Crippen LogP contribution in [0.15, 0.2) is 48.5 Å². The molecule has 160 valence electrons. The molecule has 0 saturated carbocycles. The molecule has 0 aliphatic carbocycles. The van der Waals surface area contributed by atoms with Gasteiger partial charge in [-0.3, -0.25) is 9.59 Å². The number of anilines is 1. The Hall–Kier alpha value is -2.57. The minimum Gasteiger partial charge on any atom is -0.497 e. The van der Waals surface area contributed by atoms with Crippen LogP contribution in [-0.2, 0) is 22.6 Å². The zero-order valence-corrected chi connectivity index (χ0v) is 17.9. The number of nitrogens with zero attached hydrogens (tertiary/aromatic N) is 1. The molecular weight excluding hydrogens is 402 g/mol. The van der Waals surface area contributed by atoms with Gasteiger partial charge in [0.25, 0.3) is 0 Å². The summed E-state index contributed by atoms with van der Waals surface area (Å²) >= 11 is 0. The maximum Gasteiger partial charge on any atom is 0.240 e. The van der Waals surface area contributed by atoms with Crippen molar-refractivity contribution in [3.63, 3.8) is 0 Å². The third kappa shape index (κ3) is 4.94. The van der Waals surface area contributed by atoms with Gasteiger partial charge in [0.2, 0.25) is 11.8 Å². The van der Waals surface area contributed by atoms with Crippen molar-refractivity contribution in [1.82, 2.24) is 10.2 Å². The highest BCUT2D eigenvalue weighted by molar-refractivity contribution is 5.93. The molecule has 2 aromatic carbocycles. The van der Waals surface area contributed by atoms with Gasteiger partial charge in [-0.25, -0.2) is 0 Å². The smallest absolute Gasteiger partial charge is 0.240 e. The van der Waals surface area contributed by atoms with Gasteiger partial charge in [-0.1, -0.05) is 30.3 Å². The highest BCUT2D eigenvalue weighted by Gasteiger charge is 2.32. The Balaban J connectivity index is 0.00000256. The van der Waals surface area contributed by atoms with Crippen molar-refractivity contribution >= 4 is 29.9 Å². The molecule has 30 heavy (non-hydrogen) atoms. The molecule has 0 bridgehead atoms.